The maximum atomic E-state index is 10.4. The van der Waals surface area contributed by atoms with Crippen molar-refractivity contribution in [2.24, 2.45) is 5.73 Å². The van der Waals surface area contributed by atoms with Gasteiger partial charge >= 0.3 is 0 Å². The highest BCUT2D eigenvalue weighted by molar-refractivity contribution is 5.91. The van der Waals surface area contributed by atoms with Crippen LogP contribution in [0.1, 0.15) is 6.92 Å². The highest BCUT2D eigenvalue weighted by atomic mass is 16.1. The summed E-state index contributed by atoms with van der Waals surface area (Å²) >= 11 is 0. The van der Waals surface area contributed by atoms with Gasteiger partial charge in [-0.3, -0.25) is 4.79 Å². The van der Waals surface area contributed by atoms with Gasteiger partial charge in [0.25, 0.3) is 5.91 Å². The summed E-state index contributed by atoms with van der Waals surface area (Å²) in [5.74, 6) is -0.229. The molecule has 1 amide bonds. The Morgan fingerprint density at radius 2 is 2.25 bits per heavy atom. The van der Waals surface area contributed by atoms with Crippen molar-refractivity contribution in [1.82, 2.24) is 5.32 Å². The summed E-state index contributed by atoms with van der Waals surface area (Å²) in [5.41, 5.74) is 5.43. The van der Waals surface area contributed by atoms with Crippen molar-refractivity contribution >= 4 is 5.91 Å². The predicted molar refractivity (Wildman–Crippen MR) is 32.0 cm³/mol. The number of amides is 1. The number of allylic oxidation sites excluding steroid dienone is 1. The van der Waals surface area contributed by atoms with Crippen molar-refractivity contribution in [3.05, 3.63) is 11.8 Å². The van der Waals surface area contributed by atoms with Gasteiger partial charge in [0.1, 0.15) is 0 Å². The van der Waals surface area contributed by atoms with Crippen LogP contribution in [0, 0.1) is 0 Å². The van der Waals surface area contributed by atoms with Gasteiger partial charge in [0.15, 0.2) is 0 Å². The second kappa shape index (κ2) is 3.07. The van der Waals surface area contributed by atoms with Crippen LogP contribution in [-0.2, 0) is 4.79 Å². The van der Waals surface area contributed by atoms with Crippen LogP contribution in [0.5, 0.6) is 0 Å². The molecule has 0 radical (unpaired) electrons. The average Bonchev–Trinajstić information content (AvgIpc) is 1.84. The summed E-state index contributed by atoms with van der Waals surface area (Å²) in [6, 6.07) is 0. The number of carbonyl (C=O) groups excluding carboxylic acids is 1. The fourth-order valence-electron chi connectivity index (χ4n) is 0.275. The molecule has 3 heteroatoms. The first-order valence-electron chi connectivity index (χ1n) is 2.36. The van der Waals surface area contributed by atoms with Crippen molar-refractivity contribution in [3.8, 4) is 0 Å². The van der Waals surface area contributed by atoms with Crippen molar-refractivity contribution in [2.45, 2.75) is 6.92 Å². The summed E-state index contributed by atoms with van der Waals surface area (Å²) in [4.78, 5) is 10.4. The Bertz CT molecular complexity index is 118. The summed E-state index contributed by atoms with van der Waals surface area (Å²) in [6.45, 7) is 1.71. The molecular weight excluding hydrogens is 104 g/mol. The molecule has 0 atom stereocenters. The van der Waals surface area contributed by atoms with Crippen LogP contribution >= 0.6 is 0 Å². The third-order valence-electron chi connectivity index (χ3n) is 0.800. The standard InChI is InChI=1S/C5H10N2O/c1-3-4(6)5(8)7-2/h3H,6H2,1-2H3,(H,7,8). The van der Waals surface area contributed by atoms with Gasteiger partial charge in [-0.15, -0.1) is 0 Å². The second-order valence-electron chi connectivity index (χ2n) is 1.32. The van der Waals surface area contributed by atoms with E-state index in [9.17, 15) is 4.79 Å². The maximum Gasteiger partial charge on any atom is 0.266 e. The molecule has 0 saturated heterocycles. The van der Waals surface area contributed by atoms with Crippen LogP contribution in [0.15, 0.2) is 11.8 Å². The minimum atomic E-state index is -0.229. The molecule has 0 heterocycles. The third kappa shape index (κ3) is 1.64. The summed E-state index contributed by atoms with van der Waals surface area (Å²) in [5, 5.41) is 2.38. The molecule has 0 saturated carbocycles. The average molecular weight is 114 g/mol. The van der Waals surface area contributed by atoms with Gasteiger partial charge in [0.05, 0.1) is 5.70 Å². The Balaban J connectivity index is 3.83. The Morgan fingerprint density at radius 1 is 1.75 bits per heavy atom. The molecule has 0 aromatic heterocycles. The number of hydrogen-bond acceptors (Lipinski definition) is 2. The van der Waals surface area contributed by atoms with Crippen molar-refractivity contribution in [1.29, 1.82) is 0 Å². The van der Waals surface area contributed by atoms with Crippen molar-refractivity contribution in [2.75, 3.05) is 7.05 Å². The van der Waals surface area contributed by atoms with Gasteiger partial charge < -0.3 is 11.1 Å². The third-order valence-corrected chi connectivity index (χ3v) is 0.800. The molecule has 0 rings (SSSR count). The number of nitrogens with one attached hydrogen (secondary N) is 1. The van der Waals surface area contributed by atoms with Crippen LogP contribution in [0.4, 0.5) is 0 Å². The first kappa shape index (κ1) is 7.01. The number of nitrogens with two attached hydrogens (primary N) is 1. The molecule has 3 N–H and O–H groups in total. The van der Waals surface area contributed by atoms with Crippen LogP contribution in [0.3, 0.4) is 0 Å². The molecule has 8 heavy (non-hydrogen) atoms. The van der Waals surface area contributed by atoms with Crippen LogP contribution in [0.2, 0.25) is 0 Å². The Hall–Kier alpha value is -0.990. The van der Waals surface area contributed by atoms with Gasteiger partial charge in [-0.2, -0.15) is 0 Å². The normalized spacial score (nSPS) is 11.0. The first-order valence-corrected chi connectivity index (χ1v) is 2.36. The van der Waals surface area contributed by atoms with Crippen molar-refractivity contribution in [3.63, 3.8) is 0 Å². The topological polar surface area (TPSA) is 55.1 Å². The van der Waals surface area contributed by atoms with E-state index in [2.05, 4.69) is 5.32 Å². The highest BCUT2D eigenvalue weighted by Gasteiger charge is 1.96. The molecule has 0 aliphatic heterocycles. The number of hydrogen-bond donors (Lipinski definition) is 2. The lowest BCUT2D eigenvalue weighted by molar-refractivity contribution is -0.117. The minimum Gasteiger partial charge on any atom is -0.395 e. The van der Waals surface area contributed by atoms with Crippen molar-refractivity contribution < 1.29 is 4.79 Å². The molecule has 0 aliphatic rings. The van der Waals surface area contributed by atoms with Gasteiger partial charge in [-0.25, -0.2) is 0 Å². The molecule has 3 nitrogen and oxygen atoms in total. The fraction of sp³-hybridized carbons (Fsp3) is 0.400. The lowest BCUT2D eigenvalue weighted by Crippen LogP contribution is -2.24. The van der Waals surface area contributed by atoms with Gasteiger partial charge in [-0.1, -0.05) is 6.08 Å². The molecule has 0 aromatic carbocycles. The van der Waals surface area contributed by atoms with E-state index >= 15 is 0 Å². The zero-order valence-electron chi connectivity index (χ0n) is 5.06. The number of rotatable bonds is 1. The maximum absolute atomic E-state index is 10.4. The smallest absolute Gasteiger partial charge is 0.266 e. The fourth-order valence-corrected chi connectivity index (χ4v) is 0.275. The van der Waals surface area contributed by atoms with Crippen LogP contribution in [-0.4, -0.2) is 13.0 Å². The molecule has 0 unspecified atom stereocenters. The van der Waals surface area contributed by atoms with Crippen LogP contribution in [0.25, 0.3) is 0 Å². The van der Waals surface area contributed by atoms with Gasteiger partial charge in [0, 0.05) is 7.05 Å². The SMILES string of the molecule is CC=C(N)C(=O)NC. The summed E-state index contributed by atoms with van der Waals surface area (Å²) in [7, 11) is 1.54. The van der Waals surface area contributed by atoms with E-state index in [0.717, 1.165) is 0 Å². The van der Waals surface area contributed by atoms with Crippen LogP contribution < -0.4 is 11.1 Å². The second-order valence-corrected chi connectivity index (χ2v) is 1.32. The van der Waals surface area contributed by atoms with E-state index in [1.807, 2.05) is 0 Å². The zero-order chi connectivity index (χ0) is 6.57. The highest BCUT2D eigenvalue weighted by Crippen LogP contribution is 1.78. The van der Waals surface area contributed by atoms with E-state index in [0.29, 0.717) is 0 Å². The number of likely N-dealkylation sites (N-methyl/N-ethyl adjacent to an activating group) is 1. The Kier molecular flexibility index (Phi) is 2.69. The predicted octanol–water partition coefficient (Wildman–Crippen LogP) is -0.405. The molecule has 0 bridgehead atoms. The summed E-state index contributed by atoms with van der Waals surface area (Å²) in [6.07, 6.45) is 1.55. The lowest BCUT2D eigenvalue weighted by Gasteiger charge is -1.94. The molecular formula is C5H10N2O. The lowest BCUT2D eigenvalue weighted by atomic mass is 10.4. The molecule has 0 fully saturated rings. The monoisotopic (exact) mass is 114 g/mol. The molecule has 46 valence electrons. The first-order chi connectivity index (χ1) is 3.72. The largest absolute Gasteiger partial charge is 0.395 e. The van der Waals surface area contributed by atoms with E-state index in [1.54, 1.807) is 20.0 Å². The molecule has 0 aromatic rings. The Morgan fingerprint density at radius 3 is 2.38 bits per heavy atom. The van der Waals surface area contributed by atoms with Gasteiger partial charge in [0.2, 0.25) is 0 Å². The van der Waals surface area contributed by atoms with E-state index in [1.165, 1.54) is 0 Å². The summed E-state index contributed by atoms with van der Waals surface area (Å²) < 4.78 is 0. The van der Waals surface area contributed by atoms with Gasteiger partial charge in [-0.05, 0) is 6.92 Å². The molecule has 0 aliphatic carbocycles. The zero-order valence-corrected chi connectivity index (χ0v) is 5.06. The van der Waals surface area contributed by atoms with E-state index in [4.69, 9.17) is 5.73 Å². The Labute approximate surface area is 48.6 Å². The molecule has 0 spiro atoms. The minimum absolute atomic E-state index is 0.229. The van der Waals surface area contributed by atoms with E-state index < -0.39 is 0 Å². The quantitative estimate of drug-likeness (QED) is 0.455. The number of carbonyl (C=O) groups is 1. The van der Waals surface area contributed by atoms with E-state index in [-0.39, 0.29) is 11.6 Å².